The SMILES string of the molecule is COc1ccc(Cl)cc1C(=O)Nc1ccn(Cc2cccc(F)c2)n1. The highest BCUT2D eigenvalue weighted by Crippen LogP contribution is 2.23. The molecule has 0 spiro atoms. The fourth-order valence-electron chi connectivity index (χ4n) is 2.38. The first kappa shape index (κ1) is 17.0. The number of carbonyl (C=O) groups excluding carboxylic acids is 1. The molecule has 1 aromatic heterocycles. The van der Waals surface area contributed by atoms with Crippen LogP contribution in [0.2, 0.25) is 5.02 Å². The largest absolute Gasteiger partial charge is 0.496 e. The lowest BCUT2D eigenvalue weighted by molar-refractivity contribution is 0.102. The molecule has 128 valence electrons. The van der Waals surface area contributed by atoms with Crippen LogP contribution in [-0.4, -0.2) is 22.8 Å². The Morgan fingerprint density at radius 1 is 1.28 bits per heavy atom. The van der Waals surface area contributed by atoms with Crippen LogP contribution in [0.15, 0.2) is 54.7 Å². The maximum atomic E-state index is 13.2. The summed E-state index contributed by atoms with van der Waals surface area (Å²) >= 11 is 5.94. The molecule has 25 heavy (non-hydrogen) atoms. The normalized spacial score (nSPS) is 10.5. The zero-order chi connectivity index (χ0) is 17.8. The molecule has 0 bridgehead atoms. The Morgan fingerprint density at radius 3 is 2.88 bits per heavy atom. The third-order valence-corrected chi connectivity index (χ3v) is 3.76. The number of nitrogens with zero attached hydrogens (tertiary/aromatic N) is 2. The van der Waals surface area contributed by atoms with Crippen LogP contribution in [0.4, 0.5) is 10.2 Å². The lowest BCUT2D eigenvalue weighted by Crippen LogP contribution is -2.14. The molecule has 1 heterocycles. The van der Waals surface area contributed by atoms with Crippen LogP contribution in [0.3, 0.4) is 0 Å². The van der Waals surface area contributed by atoms with Crippen molar-refractivity contribution >= 4 is 23.3 Å². The lowest BCUT2D eigenvalue weighted by Gasteiger charge is -2.08. The highest BCUT2D eigenvalue weighted by atomic mass is 35.5. The van der Waals surface area contributed by atoms with E-state index in [0.717, 1.165) is 5.56 Å². The molecular weight excluding hydrogens is 345 g/mol. The molecule has 0 fully saturated rings. The summed E-state index contributed by atoms with van der Waals surface area (Å²) in [5, 5.41) is 7.39. The van der Waals surface area contributed by atoms with Gasteiger partial charge in [-0.1, -0.05) is 23.7 Å². The highest BCUT2D eigenvalue weighted by molar-refractivity contribution is 6.31. The topological polar surface area (TPSA) is 56.1 Å². The van der Waals surface area contributed by atoms with E-state index in [0.29, 0.717) is 28.7 Å². The van der Waals surface area contributed by atoms with Crippen molar-refractivity contribution in [2.24, 2.45) is 0 Å². The van der Waals surface area contributed by atoms with Crippen molar-refractivity contribution in [2.75, 3.05) is 12.4 Å². The van der Waals surface area contributed by atoms with E-state index >= 15 is 0 Å². The average Bonchev–Trinajstić information content (AvgIpc) is 3.01. The van der Waals surface area contributed by atoms with Gasteiger partial charge in [0.2, 0.25) is 0 Å². The van der Waals surface area contributed by atoms with E-state index in [1.165, 1.54) is 25.3 Å². The second-order valence-electron chi connectivity index (χ2n) is 5.33. The summed E-state index contributed by atoms with van der Waals surface area (Å²) in [4.78, 5) is 12.4. The van der Waals surface area contributed by atoms with Gasteiger partial charge in [0.05, 0.1) is 19.2 Å². The predicted octanol–water partition coefficient (Wildman–Crippen LogP) is 3.98. The predicted molar refractivity (Wildman–Crippen MR) is 93.7 cm³/mol. The number of rotatable bonds is 5. The fourth-order valence-corrected chi connectivity index (χ4v) is 2.55. The number of benzene rings is 2. The molecule has 0 unspecified atom stereocenters. The third-order valence-electron chi connectivity index (χ3n) is 3.52. The minimum Gasteiger partial charge on any atom is -0.496 e. The smallest absolute Gasteiger partial charge is 0.260 e. The van der Waals surface area contributed by atoms with Gasteiger partial charge in [0.25, 0.3) is 5.91 Å². The van der Waals surface area contributed by atoms with Gasteiger partial charge in [-0.3, -0.25) is 9.48 Å². The first-order chi connectivity index (χ1) is 12.0. The maximum Gasteiger partial charge on any atom is 0.260 e. The molecular formula is C18H15ClFN3O2. The zero-order valence-corrected chi connectivity index (χ0v) is 14.1. The van der Waals surface area contributed by atoms with Crippen LogP contribution in [0, 0.1) is 5.82 Å². The molecule has 1 amide bonds. The second-order valence-corrected chi connectivity index (χ2v) is 5.76. The summed E-state index contributed by atoms with van der Waals surface area (Å²) in [6.07, 6.45) is 1.70. The Hall–Kier alpha value is -2.86. The van der Waals surface area contributed by atoms with E-state index in [1.807, 2.05) is 0 Å². The number of carbonyl (C=O) groups is 1. The van der Waals surface area contributed by atoms with Crippen molar-refractivity contribution in [2.45, 2.75) is 6.54 Å². The van der Waals surface area contributed by atoms with Crippen molar-refractivity contribution in [3.63, 3.8) is 0 Å². The van der Waals surface area contributed by atoms with Gasteiger partial charge in [-0.15, -0.1) is 0 Å². The van der Waals surface area contributed by atoms with E-state index in [9.17, 15) is 9.18 Å². The molecule has 0 radical (unpaired) electrons. The molecule has 7 heteroatoms. The van der Waals surface area contributed by atoms with Gasteiger partial charge in [0.15, 0.2) is 5.82 Å². The molecule has 1 N–H and O–H groups in total. The monoisotopic (exact) mass is 359 g/mol. The van der Waals surface area contributed by atoms with Crippen molar-refractivity contribution in [3.05, 3.63) is 76.7 Å². The van der Waals surface area contributed by atoms with Crippen molar-refractivity contribution in [3.8, 4) is 5.75 Å². The van der Waals surface area contributed by atoms with Gasteiger partial charge in [-0.05, 0) is 35.9 Å². The Kier molecular flexibility index (Phi) is 5.00. The number of methoxy groups -OCH3 is 1. The number of hydrogen-bond acceptors (Lipinski definition) is 3. The first-order valence-electron chi connectivity index (χ1n) is 7.48. The summed E-state index contributed by atoms with van der Waals surface area (Å²) in [7, 11) is 1.48. The third kappa shape index (κ3) is 4.16. The van der Waals surface area contributed by atoms with Crippen LogP contribution < -0.4 is 10.1 Å². The molecule has 0 saturated carbocycles. The zero-order valence-electron chi connectivity index (χ0n) is 13.4. The van der Waals surface area contributed by atoms with Crippen LogP contribution in [0.25, 0.3) is 0 Å². The van der Waals surface area contributed by atoms with Crippen molar-refractivity contribution < 1.29 is 13.9 Å². The van der Waals surface area contributed by atoms with Gasteiger partial charge in [0, 0.05) is 17.3 Å². The van der Waals surface area contributed by atoms with Crippen molar-refractivity contribution in [1.29, 1.82) is 0 Å². The molecule has 0 saturated heterocycles. The molecule has 0 aliphatic rings. The van der Waals surface area contributed by atoms with Crippen LogP contribution in [0.5, 0.6) is 5.75 Å². The number of halogens is 2. The summed E-state index contributed by atoms with van der Waals surface area (Å²) in [6.45, 7) is 0.397. The number of anilines is 1. The van der Waals surface area contributed by atoms with E-state index < -0.39 is 0 Å². The number of aromatic nitrogens is 2. The fraction of sp³-hybridized carbons (Fsp3) is 0.111. The van der Waals surface area contributed by atoms with Gasteiger partial charge in [-0.25, -0.2) is 4.39 Å². The number of amides is 1. The Balaban J connectivity index is 1.73. The number of hydrogen-bond donors (Lipinski definition) is 1. The molecule has 3 aromatic rings. The van der Waals surface area contributed by atoms with E-state index in [1.54, 1.807) is 41.2 Å². The minimum atomic E-state index is -0.379. The highest BCUT2D eigenvalue weighted by Gasteiger charge is 2.14. The van der Waals surface area contributed by atoms with E-state index in [2.05, 4.69) is 10.4 Å². The summed E-state index contributed by atoms with van der Waals surface area (Å²) in [5.41, 5.74) is 1.09. The van der Waals surface area contributed by atoms with Gasteiger partial charge in [-0.2, -0.15) is 5.10 Å². The Labute approximate surface area is 149 Å². The summed E-state index contributed by atoms with van der Waals surface area (Å²) < 4.78 is 20.0. The van der Waals surface area contributed by atoms with Crippen LogP contribution >= 0.6 is 11.6 Å². The second kappa shape index (κ2) is 7.36. The van der Waals surface area contributed by atoms with E-state index in [-0.39, 0.29) is 11.7 Å². The van der Waals surface area contributed by atoms with Gasteiger partial charge >= 0.3 is 0 Å². The molecule has 0 aliphatic heterocycles. The summed E-state index contributed by atoms with van der Waals surface area (Å²) in [6, 6.07) is 12.7. The molecule has 3 rings (SSSR count). The summed E-state index contributed by atoms with van der Waals surface area (Å²) in [5.74, 6) is 0.117. The molecule has 5 nitrogen and oxygen atoms in total. The number of ether oxygens (including phenoxy) is 1. The van der Waals surface area contributed by atoms with Crippen LogP contribution in [-0.2, 0) is 6.54 Å². The Bertz CT molecular complexity index is 911. The first-order valence-corrected chi connectivity index (χ1v) is 7.86. The molecule has 0 atom stereocenters. The molecule has 2 aromatic carbocycles. The lowest BCUT2D eigenvalue weighted by atomic mass is 10.2. The van der Waals surface area contributed by atoms with Gasteiger partial charge < -0.3 is 10.1 Å². The minimum absolute atomic E-state index is 0.300. The molecule has 0 aliphatic carbocycles. The Morgan fingerprint density at radius 2 is 2.12 bits per heavy atom. The van der Waals surface area contributed by atoms with Crippen molar-refractivity contribution in [1.82, 2.24) is 9.78 Å². The maximum absolute atomic E-state index is 13.2. The number of nitrogens with one attached hydrogen (secondary N) is 1. The van der Waals surface area contributed by atoms with Gasteiger partial charge in [0.1, 0.15) is 11.6 Å². The average molecular weight is 360 g/mol. The van der Waals surface area contributed by atoms with Crippen LogP contribution in [0.1, 0.15) is 15.9 Å². The standard InChI is InChI=1S/C18H15ClFN3O2/c1-25-16-6-5-13(19)10-15(16)18(24)21-17-7-8-23(22-17)11-12-3-2-4-14(20)9-12/h2-10H,11H2,1H3,(H,21,22,24). The van der Waals surface area contributed by atoms with E-state index in [4.69, 9.17) is 16.3 Å². The quantitative estimate of drug-likeness (QED) is 0.749.